The molecule has 1 aromatic rings. The molecule has 0 aliphatic carbocycles. The van der Waals surface area contributed by atoms with Gasteiger partial charge in [-0.3, -0.25) is 9.59 Å². The predicted molar refractivity (Wildman–Crippen MR) is 68.1 cm³/mol. The number of aryl methyl sites for hydroxylation is 1. The number of nitrogens with one attached hydrogen (secondary N) is 2. The van der Waals surface area contributed by atoms with Crippen molar-refractivity contribution in [2.75, 3.05) is 11.2 Å². The zero-order valence-corrected chi connectivity index (χ0v) is 10.5. The van der Waals surface area contributed by atoms with Crippen molar-refractivity contribution >= 4 is 29.1 Å². The Bertz CT molecular complexity index is 421. The highest BCUT2D eigenvalue weighted by molar-refractivity contribution is 6.27. The molecule has 0 aromatic heterocycles. The Hall–Kier alpha value is -1.55. The fraction of sp³-hybridized carbons (Fsp3) is 0.333. The van der Waals surface area contributed by atoms with E-state index in [2.05, 4.69) is 10.6 Å². The minimum atomic E-state index is -0.610. The van der Waals surface area contributed by atoms with Crippen molar-refractivity contribution in [1.82, 2.24) is 5.32 Å². The minimum Gasteiger partial charge on any atom is -0.344 e. The number of alkyl halides is 1. The summed E-state index contributed by atoms with van der Waals surface area (Å²) in [5, 5.41) is 5.23. The van der Waals surface area contributed by atoms with Gasteiger partial charge in [0.1, 0.15) is 11.9 Å². The van der Waals surface area contributed by atoms with Gasteiger partial charge in [0.15, 0.2) is 0 Å². The van der Waals surface area contributed by atoms with E-state index in [1.807, 2.05) is 31.2 Å². The van der Waals surface area contributed by atoms with Crippen molar-refractivity contribution in [3.8, 4) is 0 Å². The largest absolute Gasteiger partial charge is 0.344 e. The van der Waals surface area contributed by atoms with Crippen LogP contribution in [0.4, 0.5) is 5.69 Å². The van der Waals surface area contributed by atoms with Crippen molar-refractivity contribution in [2.24, 2.45) is 0 Å². The number of hydrogen-bond donors (Lipinski definition) is 2. The number of halogens is 1. The Morgan fingerprint density at radius 3 is 2.59 bits per heavy atom. The van der Waals surface area contributed by atoms with Crippen molar-refractivity contribution in [3.63, 3.8) is 0 Å². The molecule has 0 saturated heterocycles. The van der Waals surface area contributed by atoms with E-state index < -0.39 is 6.04 Å². The first kappa shape index (κ1) is 13.5. The van der Waals surface area contributed by atoms with Gasteiger partial charge in [-0.2, -0.15) is 0 Å². The number of carbonyl (C=O) groups excluding carboxylic acids is 2. The van der Waals surface area contributed by atoms with E-state index in [1.54, 1.807) is 6.92 Å². The average Bonchev–Trinajstić information content (AvgIpc) is 2.31. The SMILES string of the molecule is Cc1ccccc1NC(=O)[C@@H](C)NC(=O)CCl. The zero-order chi connectivity index (χ0) is 12.8. The van der Waals surface area contributed by atoms with Crippen LogP contribution in [-0.4, -0.2) is 23.7 Å². The molecule has 2 amide bonds. The maximum Gasteiger partial charge on any atom is 0.246 e. The summed E-state index contributed by atoms with van der Waals surface area (Å²) in [7, 11) is 0. The third-order valence-corrected chi connectivity index (χ3v) is 2.54. The van der Waals surface area contributed by atoms with E-state index in [9.17, 15) is 9.59 Å². The van der Waals surface area contributed by atoms with Gasteiger partial charge < -0.3 is 10.6 Å². The molecule has 2 N–H and O–H groups in total. The summed E-state index contributed by atoms with van der Waals surface area (Å²) >= 11 is 5.34. The van der Waals surface area contributed by atoms with E-state index in [0.717, 1.165) is 11.3 Å². The summed E-state index contributed by atoms with van der Waals surface area (Å²) in [5.41, 5.74) is 1.71. The van der Waals surface area contributed by atoms with Gasteiger partial charge in [0.25, 0.3) is 0 Å². The van der Waals surface area contributed by atoms with Gasteiger partial charge in [0.2, 0.25) is 11.8 Å². The summed E-state index contributed by atoms with van der Waals surface area (Å²) < 4.78 is 0. The van der Waals surface area contributed by atoms with Crippen LogP contribution in [0.1, 0.15) is 12.5 Å². The van der Waals surface area contributed by atoms with Crippen LogP contribution in [0.25, 0.3) is 0 Å². The van der Waals surface area contributed by atoms with Crippen LogP contribution in [0.15, 0.2) is 24.3 Å². The second kappa shape index (κ2) is 6.25. The van der Waals surface area contributed by atoms with E-state index in [-0.39, 0.29) is 17.7 Å². The molecule has 1 rings (SSSR count). The lowest BCUT2D eigenvalue weighted by molar-refractivity contribution is -0.124. The summed E-state index contributed by atoms with van der Waals surface area (Å²) in [4.78, 5) is 22.8. The van der Waals surface area contributed by atoms with E-state index in [0.29, 0.717) is 0 Å². The number of anilines is 1. The van der Waals surface area contributed by atoms with E-state index >= 15 is 0 Å². The van der Waals surface area contributed by atoms with Crippen molar-refractivity contribution in [1.29, 1.82) is 0 Å². The Labute approximate surface area is 105 Å². The zero-order valence-electron chi connectivity index (χ0n) is 9.79. The molecule has 1 aromatic carbocycles. The number of benzene rings is 1. The molecule has 0 aliphatic rings. The van der Waals surface area contributed by atoms with Crippen LogP contribution >= 0.6 is 11.6 Å². The molecule has 0 spiro atoms. The number of para-hydroxylation sites is 1. The molecule has 0 saturated carbocycles. The fourth-order valence-corrected chi connectivity index (χ4v) is 1.38. The Morgan fingerprint density at radius 2 is 2.00 bits per heavy atom. The van der Waals surface area contributed by atoms with Crippen LogP contribution in [0.3, 0.4) is 0 Å². The van der Waals surface area contributed by atoms with Crippen molar-refractivity contribution < 1.29 is 9.59 Å². The normalized spacial score (nSPS) is 11.7. The molecule has 0 fully saturated rings. The lowest BCUT2D eigenvalue weighted by Gasteiger charge is -2.14. The third kappa shape index (κ3) is 4.07. The van der Waals surface area contributed by atoms with Crippen molar-refractivity contribution in [3.05, 3.63) is 29.8 Å². The molecule has 92 valence electrons. The third-order valence-electron chi connectivity index (χ3n) is 2.30. The van der Waals surface area contributed by atoms with Crippen molar-refractivity contribution in [2.45, 2.75) is 19.9 Å². The Kier molecular flexibility index (Phi) is 4.97. The highest BCUT2D eigenvalue weighted by Gasteiger charge is 2.15. The molecule has 17 heavy (non-hydrogen) atoms. The van der Waals surface area contributed by atoms with Gasteiger partial charge in [-0.25, -0.2) is 0 Å². The first-order chi connectivity index (χ1) is 8.04. The Balaban J connectivity index is 2.60. The average molecular weight is 255 g/mol. The lowest BCUT2D eigenvalue weighted by atomic mass is 10.2. The molecule has 0 aliphatic heterocycles. The first-order valence-corrected chi connectivity index (χ1v) is 5.80. The number of hydrogen-bond acceptors (Lipinski definition) is 2. The molecular weight excluding hydrogens is 240 g/mol. The highest BCUT2D eigenvalue weighted by Crippen LogP contribution is 2.13. The maximum absolute atomic E-state index is 11.7. The van der Waals surface area contributed by atoms with Crippen LogP contribution in [0.5, 0.6) is 0 Å². The molecule has 4 nitrogen and oxygen atoms in total. The smallest absolute Gasteiger partial charge is 0.246 e. The van der Waals surface area contributed by atoms with Gasteiger partial charge in [-0.15, -0.1) is 11.6 Å². The molecule has 0 radical (unpaired) electrons. The van der Waals surface area contributed by atoms with Crippen LogP contribution in [0.2, 0.25) is 0 Å². The van der Waals surface area contributed by atoms with Crippen LogP contribution in [-0.2, 0) is 9.59 Å². The molecule has 1 atom stereocenters. The lowest BCUT2D eigenvalue weighted by Crippen LogP contribution is -2.42. The van der Waals surface area contributed by atoms with Crippen LogP contribution < -0.4 is 10.6 Å². The van der Waals surface area contributed by atoms with E-state index in [4.69, 9.17) is 11.6 Å². The number of amides is 2. The molecule has 5 heteroatoms. The minimum absolute atomic E-state index is 0.151. The summed E-state index contributed by atoms with van der Waals surface area (Å²) in [6, 6.07) is 6.83. The maximum atomic E-state index is 11.7. The molecule has 0 unspecified atom stereocenters. The molecular formula is C12H15ClN2O2. The molecule has 0 heterocycles. The second-order valence-corrected chi connectivity index (χ2v) is 3.99. The predicted octanol–water partition coefficient (Wildman–Crippen LogP) is 1.68. The Morgan fingerprint density at radius 1 is 1.35 bits per heavy atom. The monoisotopic (exact) mass is 254 g/mol. The summed E-state index contributed by atoms with van der Waals surface area (Å²) in [5.74, 6) is -0.779. The topological polar surface area (TPSA) is 58.2 Å². The van der Waals surface area contributed by atoms with E-state index in [1.165, 1.54) is 0 Å². The fourth-order valence-electron chi connectivity index (χ4n) is 1.30. The van der Waals surface area contributed by atoms with Gasteiger partial charge in [0.05, 0.1) is 0 Å². The highest BCUT2D eigenvalue weighted by atomic mass is 35.5. The summed E-state index contributed by atoms with van der Waals surface area (Å²) in [6.07, 6.45) is 0. The standard InChI is InChI=1S/C12H15ClN2O2/c1-8-5-3-4-6-10(8)15-12(17)9(2)14-11(16)7-13/h3-6,9H,7H2,1-2H3,(H,14,16)(H,15,17)/t9-/m1/s1. The second-order valence-electron chi connectivity index (χ2n) is 3.73. The number of rotatable bonds is 4. The first-order valence-electron chi connectivity index (χ1n) is 5.26. The van der Waals surface area contributed by atoms with Gasteiger partial charge in [-0.1, -0.05) is 18.2 Å². The van der Waals surface area contributed by atoms with Crippen LogP contribution in [0, 0.1) is 6.92 Å². The summed E-state index contributed by atoms with van der Waals surface area (Å²) in [6.45, 7) is 3.51. The molecule has 0 bridgehead atoms. The van der Waals surface area contributed by atoms with Gasteiger partial charge in [-0.05, 0) is 25.5 Å². The van der Waals surface area contributed by atoms with Gasteiger partial charge >= 0.3 is 0 Å². The quantitative estimate of drug-likeness (QED) is 0.803. The van der Waals surface area contributed by atoms with Gasteiger partial charge in [0, 0.05) is 5.69 Å². The number of carbonyl (C=O) groups is 2.